The van der Waals surface area contributed by atoms with E-state index < -0.39 is 11.8 Å². The van der Waals surface area contributed by atoms with Crippen molar-refractivity contribution in [1.82, 2.24) is 5.43 Å². The topological polar surface area (TPSA) is 98.3 Å². The molecule has 0 unspecified atom stereocenters. The summed E-state index contributed by atoms with van der Waals surface area (Å²) in [5.74, 6) is 0.157. The molecule has 0 saturated carbocycles. The fourth-order valence-corrected chi connectivity index (χ4v) is 4.61. The van der Waals surface area contributed by atoms with Crippen LogP contribution in [-0.2, 0) is 11.4 Å². The fraction of sp³-hybridized carbons (Fsp3) is 0.129. The Bertz CT molecular complexity index is 1610. The van der Waals surface area contributed by atoms with Gasteiger partial charge in [-0.2, -0.15) is 5.10 Å². The van der Waals surface area contributed by atoms with Gasteiger partial charge in [-0.05, 0) is 66.6 Å². The standard InChI is InChI=1S/C31H25Cl4N3O5/c1-2-41-28-14-21(8-11-27(28)42-17-19-6-4-3-5-7-19)31(40)38-36-16-20-12-25(34)30(26(35)13-20)43-18-29(39)37-22-9-10-23(32)24(33)15-22/h3-16H,2,17-18H2,1H3,(H,37,39)(H,38,40)/b36-16+. The molecule has 12 heteroatoms. The smallest absolute Gasteiger partial charge is 0.271 e. The van der Waals surface area contributed by atoms with Gasteiger partial charge in [-0.15, -0.1) is 0 Å². The van der Waals surface area contributed by atoms with E-state index in [1.165, 1.54) is 24.4 Å². The average molecular weight is 661 g/mol. The molecule has 0 bridgehead atoms. The lowest BCUT2D eigenvalue weighted by Gasteiger charge is -2.13. The second kappa shape index (κ2) is 15.5. The van der Waals surface area contributed by atoms with Crippen LogP contribution in [0.4, 0.5) is 5.69 Å². The van der Waals surface area contributed by atoms with Crippen LogP contribution < -0.4 is 25.0 Å². The molecule has 8 nitrogen and oxygen atoms in total. The van der Waals surface area contributed by atoms with E-state index in [1.807, 2.05) is 37.3 Å². The first-order chi connectivity index (χ1) is 20.7. The van der Waals surface area contributed by atoms with Gasteiger partial charge in [0.05, 0.1) is 32.9 Å². The minimum Gasteiger partial charge on any atom is -0.490 e. The van der Waals surface area contributed by atoms with Gasteiger partial charge in [-0.25, -0.2) is 5.43 Å². The molecule has 0 radical (unpaired) electrons. The van der Waals surface area contributed by atoms with Crippen LogP contribution in [0.3, 0.4) is 0 Å². The second-order valence-corrected chi connectivity index (χ2v) is 10.5. The number of benzene rings is 4. The number of nitrogens with zero attached hydrogens (tertiary/aromatic N) is 1. The lowest BCUT2D eigenvalue weighted by atomic mass is 10.2. The molecule has 0 aliphatic rings. The van der Waals surface area contributed by atoms with Gasteiger partial charge in [-0.1, -0.05) is 76.7 Å². The molecule has 4 aromatic rings. The highest BCUT2D eigenvalue weighted by Gasteiger charge is 2.14. The van der Waals surface area contributed by atoms with Gasteiger partial charge in [0.1, 0.15) is 6.61 Å². The van der Waals surface area contributed by atoms with Crippen molar-refractivity contribution in [1.29, 1.82) is 0 Å². The summed E-state index contributed by atoms with van der Waals surface area (Å²) in [6, 6.07) is 22.3. The van der Waals surface area contributed by atoms with Crippen molar-refractivity contribution >= 4 is 70.1 Å². The van der Waals surface area contributed by atoms with Crippen LogP contribution in [0.15, 0.2) is 84.0 Å². The van der Waals surface area contributed by atoms with Gasteiger partial charge >= 0.3 is 0 Å². The van der Waals surface area contributed by atoms with E-state index in [0.29, 0.717) is 51.6 Å². The molecular weight excluding hydrogens is 636 g/mol. The summed E-state index contributed by atoms with van der Waals surface area (Å²) in [5, 5.41) is 7.61. The Hall–Kier alpha value is -3.95. The molecule has 4 rings (SSSR count). The predicted molar refractivity (Wildman–Crippen MR) is 170 cm³/mol. The highest BCUT2D eigenvalue weighted by molar-refractivity contribution is 6.42. The third-order valence-electron chi connectivity index (χ3n) is 5.69. The molecular formula is C31H25Cl4N3O5. The summed E-state index contributed by atoms with van der Waals surface area (Å²) in [7, 11) is 0. The SMILES string of the molecule is CCOc1cc(C(=O)N/N=C/c2cc(Cl)c(OCC(=O)Nc3ccc(Cl)c(Cl)c3)c(Cl)c2)ccc1OCc1ccccc1. The number of carbonyl (C=O) groups excluding carboxylic acids is 2. The summed E-state index contributed by atoms with van der Waals surface area (Å²) < 4.78 is 17.1. The number of nitrogens with one attached hydrogen (secondary N) is 2. The molecule has 2 amide bonds. The highest BCUT2D eigenvalue weighted by Crippen LogP contribution is 2.34. The van der Waals surface area contributed by atoms with Gasteiger partial charge in [0, 0.05) is 11.3 Å². The molecule has 0 heterocycles. The largest absolute Gasteiger partial charge is 0.490 e. The minimum atomic E-state index is -0.461. The molecule has 0 fully saturated rings. The number of anilines is 1. The molecule has 4 aromatic carbocycles. The van der Waals surface area contributed by atoms with Crippen LogP contribution in [0.1, 0.15) is 28.4 Å². The van der Waals surface area contributed by atoms with Crippen molar-refractivity contribution < 1.29 is 23.8 Å². The molecule has 222 valence electrons. The number of halogens is 4. The number of hydrogen-bond acceptors (Lipinski definition) is 6. The first-order valence-electron chi connectivity index (χ1n) is 12.9. The van der Waals surface area contributed by atoms with Crippen molar-refractivity contribution in [2.24, 2.45) is 5.10 Å². The van der Waals surface area contributed by atoms with E-state index in [9.17, 15) is 9.59 Å². The maximum Gasteiger partial charge on any atom is 0.271 e. The van der Waals surface area contributed by atoms with Crippen LogP contribution in [0.5, 0.6) is 17.2 Å². The van der Waals surface area contributed by atoms with E-state index in [2.05, 4.69) is 15.8 Å². The quantitative estimate of drug-likeness (QED) is 0.118. The van der Waals surface area contributed by atoms with E-state index in [4.69, 9.17) is 60.6 Å². The van der Waals surface area contributed by atoms with E-state index in [0.717, 1.165) is 5.56 Å². The molecule has 0 aliphatic heterocycles. The Morgan fingerprint density at radius 1 is 0.791 bits per heavy atom. The normalized spacial score (nSPS) is 10.8. The van der Waals surface area contributed by atoms with Gasteiger partial charge in [0.2, 0.25) is 0 Å². The van der Waals surface area contributed by atoms with Gasteiger partial charge in [-0.3, -0.25) is 9.59 Å². The summed E-state index contributed by atoms with van der Waals surface area (Å²) >= 11 is 24.5. The third kappa shape index (κ3) is 9.27. The molecule has 0 atom stereocenters. The predicted octanol–water partition coefficient (Wildman–Crippen LogP) is 8.06. The Balaban J connectivity index is 1.34. The number of rotatable bonds is 12. The van der Waals surface area contributed by atoms with Crippen molar-refractivity contribution in [2.75, 3.05) is 18.5 Å². The summed E-state index contributed by atoms with van der Waals surface area (Å²) in [4.78, 5) is 25.0. The Kier molecular flexibility index (Phi) is 11.5. The van der Waals surface area contributed by atoms with Crippen LogP contribution in [-0.4, -0.2) is 31.2 Å². The zero-order chi connectivity index (χ0) is 30.8. The Labute approximate surface area is 268 Å². The van der Waals surface area contributed by atoms with Crippen LogP contribution >= 0.6 is 46.4 Å². The number of hydrogen-bond donors (Lipinski definition) is 2. The Morgan fingerprint density at radius 3 is 2.23 bits per heavy atom. The molecule has 0 spiro atoms. The zero-order valence-electron chi connectivity index (χ0n) is 22.7. The monoisotopic (exact) mass is 659 g/mol. The number of carbonyl (C=O) groups is 2. The van der Waals surface area contributed by atoms with Crippen LogP contribution in [0.25, 0.3) is 0 Å². The summed E-state index contributed by atoms with van der Waals surface area (Å²) in [6.07, 6.45) is 1.37. The maximum absolute atomic E-state index is 12.7. The molecule has 0 aromatic heterocycles. The third-order valence-corrected chi connectivity index (χ3v) is 6.99. The summed E-state index contributed by atoms with van der Waals surface area (Å²) in [6.45, 7) is 2.24. The van der Waals surface area contributed by atoms with Gasteiger partial charge in [0.15, 0.2) is 23.9 Å². The lowest BCUT2D eigenvalue weighted by molar-refractivity contribution is -0.118. The van der Waals surface area contributed by atoms with Crippen LogP contribution in [0, 0.1) is 0 Å². The highest BCUT2D eigenvalue weighted by atomic mass is 35.5. The molecule has 0 saturated heterocycles. The van der Waals surface area contributed by atoms with Gasteiger partial charge < -0.3 is 19.5 Å². The van der Waals surface area contributed by atoms with E-state index >= 15 is 0 Å². The van der Waals surface area contributed by atoms with Gasteiger partial charge in [0.25, 0.3) is 11.8 Å². The van der Waals surface area contributed by atoms with E-state index in [-0.39, 0.29) is 22.4 Å². The number of ether oxygens (including phenoxy) is 3. The second-order valence-electron chi connectivity index (χ2n) is 8.85. The van der Waals surface area contributed by atoms with Crippen LogP contribution in [0.2, 0.25) is 20.1 Å². The molecule has 2 N–H and O–H groups in total. The lowest BCUT2D eigenvalue weighted by Crippen LogP contribution is -2.20. The zero-order valence-corrected chi connectivity index (χ0v) is 25.7. The minimum absolute atomic E-state index is 0.117. The first kappa shape index (κ1) is 32.0. The Morgan fingerprint density at radius 2 is 1.53 bits per heavy atom. The van der Waals surface area contributed by atoms with Crippen molar-refractivity contribution in [3.05, 3.63) is 116 Å². The van der Waals surface area contributed by atoms with Crippen molar-refractivity contribution in [3.63, 3.8) is 0 Å². The van der Waals surface area contributed by atoms with Crippen molar-refractivity contribution in [2.45, 2.75) is 13.5 Å². The molecule has 43 heavy (non-hydrogen) atoms. The maximum atomic E-state index is 12.7. The number of amides is 2. The first-order valence-corrected chi connectivity index (χ1v) is 14.4. The molecule has 0 aliphatic carbocycles. The van der Waals surface area contributed by atoms with E-state index in [1.54, 1.807) is 30.3 Å². The van der Waals surface area contributed by atoms with Crippen molar-refractivity contribution in [3.8, 4) is 17.2 Å². The number of hydrazone groups is 1. The fourth-order valence-electron chi connectivity index (χ4n) is 3.70. The summed E-state index contributed by atoms with van der Waals surface area (Å²) in [5.41, 5.74) is 4.74. The average Bonchev–Trinajstić information content (AvgIpc) is 2.98.